The molecule has 0 aliphatic carbocycles. The van der Waals surface area contributed by atoms with E-state index in [2.05, 4.69) is 27.5 Å². The number of nitrogens with one attached hydrogen (secondary N) is 3. The summed E-state index contributed by atoms with van der Waals surface area (Å²) in [4.78, 5) is 170. The minimum Gasteiger partial charge on any atom is -0.493 e. The molecule has 7 amide bonds. The summed E-state index contributed by atoms with van der Waals surface area (Å²) < 4.78 is 72.9. The van der Waals surface area contributed by atoms with Gasteiger partial charge in [0.1, 0.15) is 37.0 Å². The van der Waals surface area contributed by atoms with Crippen molar-refractivity contribution in [3.8, 4) is 16.9 Å². The predicted octanol–water partition coefficient (Wildman–Crippen LogP) is 8.85. The van der Waals surface area contributed by atoms with Crippen molar-refractivity contribution in [2.24, 2.45) is 20.0 Å². The molecule has 128 heavy (non-hydrogen) atoms. The number of nitrogens with two attached hydrogens (primary N) is 1. The molecule has 10 rings (SSSR count). The molecule has 0 saturated carbocycles. The molecule has 0 radical (unpaired) electrons. The number of aryl methyl sites for hydroxylation is 3. The number of anilines is 4. The first-order valence-electron chi connectivity index (χ1n) is 42.9. The fraction of sp³-hybridized carbons (Fsp3) is 0.489. The number of carbonyl (C=O) groups excluding carboxylic acids is 12. The zero-order valence-corrected chi connectivity index (χ0v) is 74.6. The summed E-state index contributed by atoms with van der Waals surface area (Å²) in [5, 5.41) is 8.69. The van der Waals surface area contributed by atoms with Crippen LogP contribution in [0.5, 0.6) is 5.75 Å². The number of aromatic nitrogens is 4. The van der Waals surface area contributed by atoms with Crippen molar-refractivity contribution in [3.63, 3.8) is 0 Å². The lowest BCUT2D eigenvalue weighted by molar-refractivity contribution is -0.139. The van der Waals surface area contributed by atoms with E-state index in [-0.39, 0.29) is 180 Å². The summed E-state index contributed by atoms with van der Waals surface area (Å²) in [7, 11) is 5.04. The van der Waals surface area contributed by atoms with Crippen LogP contribution in [0.3, 0.4) is 0 Å². The highest BCUT2D eigenvalue weighted by Gasteiger charge is 2.48. The van der Waals surface area contributed by atoms with Crippen LogP contribution in [-0.2, 0) is 118 Å². The van der Waals surface area contributed by atoms with Crippen LogP contribution in [0.25, 0.3) is 22.0 Å². The van der Waals surface area contributed by atoms with Gasteiger partial charge in [0.05, 0.1) is 133 Å². The maximum atomic E-state index is 15.1. The number of nitrogens with zero attached hydrogens (tertiary/aromatic N) is 7. The molecule has 0 spiro atoms. The van der Waals surface area contributed by atoms with Gasteiger partial charge in [0, 0.05) is 145 Å². The van der Waals surface area contributed by atoms with Gasteiger partial charge in [-0.2, -0.15) is 11.8 Å². The fourth-order valence-electron chi connectivity index (χ4n) is 14.5. The first-order chi connectivity index (χ1) is 61.8. The van der Waals surface area contributed by atoms with Gasteiger partial charge in [-0.1, -0.05) is 55.5 Å². The van der Waals surface area contributed by atoms with Gasteiger partial charge in [-0.3, -0.25) is 62.2 Å². The molecule has 3 aromatic heterocycles. The molecule has 1 unspecified atom stereocenters. The van der Waals surface area contributed by atoms with E-state index in [4.69, 9.17) is 62.6 Å². The number of hydrogen-bond donors (Lipinski definition) is 4. The third kappa shape index (κ3) is 29.4. The quantitative estimate of drug-likeness (QED) is 0.0120. The summed E-state index contributed by atoms with van der Waals surface area (Å²) in [5.74, 6) is -4.31. The Hall–Kier alpha value is -11.2. The van der Waals surface area contributed by atoms with Crippen LogP contribution in [0.15, 0.2) is 122 Å². The molecule has 2 saturated heterocycles. The summed E-state index contributed by atoms with van der Waals surface area (Å²) in [6, 6.07) is 24.3. The van der Waals surface area contributed by atoms with Crippen molar-refractivity contribution in [2.45, 2.75) is 122 Å². The minimum atomic E-state index is -1.22. The number of amides is 7. The molecule has 5 N–H and O–H groups in total. The van der Waals surface area contributed by atoms with Crippen LogP contribution in [0.2, 0.25) is 0 Å². The molecule has 6 heterocycles. The number of thioether (sulfide) groups is 1. The van der Waals surface area contributed by atoms with E-state index in [1.54, 1.807) is 129 Å². The van der Waals surface area contributed by atoms with Gasteiger partial charge in [0.2, 0.25) is 29.5 Å². The molecule has 2 fully saturated rings. The second kappa shape index (κ2) is 50.6. The normalized spacial score (nSPS) is 15.4. The number of likely N-dealkylation sites (tertiary alicyclic amines) is 1. The lowest BCUT2D eigenvalue weighted by Crippen LogP contribution is -2.52. The van der Waals surface area contributed by atoms with Crippen LogP contribution >= 0.6 is 11.8 Å². The fourth-order valence-corrected chi connectivity index (χ4v) is 15.1. The van der Waals surface area contributed by atoms with Crippen molar-refractivity contribution < 1.29 is 114 Å². The number of ether oxygens (including phenoxy) is 12. The van der Waals surface area contributed by atoms with Gasteiger partial charge in [0.25, 0.3) is 17.7 Å². The third-order valence-corrected chi connectivity index (χ3v) is 22.4. The molecule has 4 aromatic carbocycles. The van der Waals surface area contributed by atoms with Crippen LogP contribution < -0.4 is 31.3 Å². The molecule has 35 nitrogen and oxygen atoms in total. The van der Waals surface area contributed by atoms with Crippen molar-refractivity contribution in [1.29, 1.82) is 0 Å². The summed E-state index contributed by atoms with van der Waals surface area (Å²) >= 11 is 1.28. The van der Waals surface area contributed by atoms with Gasteiger partial charge in [-0.05, 0) is 117 Å². The Kier molecular flexibility index (Phi) is 39.1. The van der Waals surface area contributed by atoms with Crippen LogP contribution in [0, 0.1) is 12.8 Å². The topological polar surface area (TPSA) is 415 Å². The molecule has 3 aliphatic rings. The Labute approximate surface area is 747 Å². The first kappa shape index (κ1) is 99.0. The number of rotatable bonds is 57. The summed E-state index contributed by atoms with van der Waals surface area (Å²) in [5.41, 5.74) is 12.4. The average Bonchev–Trinajstić information content (AvgIpc) is 1.59. The van der Waals surface area contributed by atoms with Gasteiger partial charge < -0.3 is 92.6 Å². The average molecular weight is 1790 g/mol. The van der Waals surface area contributed by atoms with Crippen LogP contribution in [0.4, 0.5) is 27.7 Å². The summed E-state index contributed by atoms with van der Waals surface area (Å²) in [6.07, 6.45) is 5.57. The van der Waals surface area contributed by atoms with E-state index in [0.717, 1.165) is 26.9 Å². The van der Waals surface area contributed by atoms with Crippen molar-refractivity contribution in [1.82, 2.24) is 33.8 Å². The van der Waals surface area contributed by atoms with E-state index in [1.165, 1.54) is 27.4 Å². The maximum absolute atomic E-state index is 15.1. The lowest BCUT2D eigenvalue weighted by Gasteiger charge is -2.35. The summed E-state index contributed by atoms with van der Waals surface area (Å²) in [6.45, 7) is 14.6. The molecule has 36 heteroatoms. The van der Waals surface area contributed by atoms with E-state index in [0.29, 0.717) is 145 Å². The predicted molar refractivity (Wildman–Crippen MR) is 475 cm³/mol. The van der Waals surface area contributed by atoms with Gasteiger partial charge in [-0.15, -0.1) is 0 Å². The Balaban J connectivity index is 0.695. The molecular weight excluding hydrogens is 1680 g/mol. The monoisotopic (exact) mass is 1790 g/mol. The second-order valence-electron chi connectivity index (χ2n) is 31.4. The number of hydrogen-bond acceptors (Lipinski definition) is 27. The van der Waals surface area contributed by atoms with Gasteiger partial charge in [0.15, 0.2) is 29.4 Å². The zero-order chi connectivity index (χ0) is 91.6. The highest BCUT2D eigenvalue weighted by atomic mass is 32.2. The Bertz CT molecular complexity index is 4990. The number of fused-ring (bicyclic) bond motifs is 3. The highest BCUT2D eigenvalue weighted by molar-refractivity contribution is 8.00. The number of benzene rings is 4. The number of imide groups is 1. The number of carbonyl (C=O) groups is 12. The zero-order valence-electron chi connectivity index (χ0n) is 73.7. The standard InChI is InChI=1S/C92H117N11O24S/c1-60-46-78-91(126-31-10-13-73(106)59-124-58-72(105)12-9-29-117-34-35-119-38-39-121-42-43-123-45-44-122-41-40-120-37-36-118-33-32-116-7)103(92(115)127-57-65-17-15-64(16-18-65)49-79(107)63(4)94-86(110)62(3)47-71(104)26-28-101-84(109)53-81(128-8)90(101)114)76-52-80(61(2)48-74(76)88(112)102(78)54-60)125-30-11-14-83(108)96-82-56-99(6)85(97-82)87(111)95-70-22-19-66(20-23-70)68-51-77(98(5)55-68)89(113)100-27-25-67-50-69(93)21-24-75(67)100/h15-25,27,48,50-52,55-56,62-63,78,81,91H,1,9-14,26,28-47,49,53-54,57-59,93H2,2-8H3,(H,94,110)(H,95,111)(H,96,108)/t62-,63+,78+,81?,91+/m1/s1. The van der Waals surface area contributed by atoms with Crippen molar-refractivity contribution in [3.05, 3.63) is 156 Å². The molecule has 5 atom stereocenters. The number of methoxy groups -OCH3 is 1. The number of nitrogen functional groups attached to an aromatic ring is 1. The smallest absolute Gasteiger partial charge is 0.416 e. The van der Waals surface area contributed by atoms with Crippen molar-refractivity contribution in [2.75, 3.05) is 173 Å². The Morgan fingerprint density at radius 3 is 1.89 bits per heavy atom. The van der Waals surface area contributed by atoms with Gasteiger partial charge in [-0.25, -0.2) is 14.7 Å². The van der Waals surface area contributed by atoms with Crippen molar-refractivity contribution >= 4 is 116 Å². The molecular formula is C92H117N11O24S. The number of Topliss-reactive ketones (excluding diaryl/α,β-unsaturated/α-hetero) is 4. The number of ketones is 4. The SMILES string of the molecule is C=C1C[C@H]2[C@H](OCCCC(=O)COCC(=O)CCCOCCOCCOCCOCCOCCOCCOCCOC)N(C(=O)OCc3ccc(CC(=O)[C@H](C)NC(=O)[C@H](C)CC(=O)CCN4C(=O)CC(SC)C4=O)cc3)c3cc(OCCCC(=O)Nc4cn(C)c(C(=O)Nc5ccc(-c6cc(C(=O)n7ccc8cc(N)ccc87)n(C)c6)cc5)n4)c(C)cc3C(=O)N2C1. The third-order valence-electron chi connectivity index (χ3n) is 21.4. The lowest BCUT2D eigenvalue weighted by atomic mass is 10.00. The van der Waals surface area contributed by atoms with E-state index >= 15 is 4.79 Å². The molecule has 690 valence electrons. The molecule has 3 aliphatic heterocycles. The van der Waals surface area contributed by atoms with Crippen LogP contribution in [0.1, 0.15) is 126 Å². The number of imidazole rings is 1. The first-order valence-corrected chi connectivity index (χ1v) is 44.2. The van der Waals surface area contributed by atoms with E-state index in [9.17, 15) is 52.7 Å². The minimum absolute atomic E-state index is 0.00926. The Morgan fingerprint density at radius 1 is 0.641 bits per heavy atom. The van der Waals surface area contributed by atoms with Gasteiger partial charge >= 0.3 is 6.09 Å². The molecule has 0 bridgehead atoms. The largest absolute Gasteiger partial charge is 0.493 e. The van der Waals surface area contributed by atoms with Crippen LogP contribution in [-0.4, -0.2) is 275 Å². The maximum Gasteiger partial charge on any atom is 0.416 e. The van der Waals surface area contributed by atoms with E-state index in [1.807, 2.05) is 36.5 Å². The highest BCUT2D eigenvalue weighted by Crippen LogP contribution is 2.41. The second-order valence-corrected chi connectivity index (χ2v) is 32.4. The Morgan fingerprint density at radius 2 is 1.26 bits per heavy atom. The van der Waals surface area contributed by atoms with E-state index < -0.39 is 59.2 Å². The molecule has 7 aromatic rings.